The van der Waals surface area contributed by atoms with Crippen molar-refractivity contribution in [3.8, 4) is 11.5 Å². The molecule has 0 spiro atoms. The Labute approximate surface area is 126 Å². The second-order valence-corrected chi connectivity index (χ2v) is 5.52. The number of nitrogens with zero attached hydrogens (tertiary/aromatic N) is 4. The highest BCUT2D eigenvalue weighted by molar-refractivity contribution is 9.10. The first-order valence-electron chi connectivity index (χ1n) is 6.23. The normalized spacial score (nSPS) is 10.9. The summed E-state index contributed by atoms with van der Waals surface area (Å²) in [4.78, 5) is 0. The lowest BCUT2D eigenvalue weighted by Gasteiger charge is -2.13. The third-order valence-corrected chi connectivity index (χ3v) is 3.49. The average Bonchev–Trinajstić information content (AvgIpc) is 2.86. The predicted molar refractivity (Wildman–Crippen MR) is 78.3 cm³/mol. The van der Waals surface area contributed by atoms with Crippen molar-refractivity contribution in [3.63, 3.8) is 0 Å². The third-order valence-electron chi connectivity index (χ3n) is 2.90. The number of rotatable bonds is 5. The van der Waals surface area contributed by atoms with Gasteiger partial charge in [0, 0.05) is 5.92 Å². The van der Waals surface area contributed by atoms with Crippen LogP contribution in [0.25, 0.3) is 0 Å². The smallest absolute Gasteiger partial charge is 0.174 e. The van der Waals surface area contributed by atoms with Crippen LogP contribution in [0.2, 0.25) is 0 Å². The highest BCUT2D eigenvalue weighted by Gasteiger charge is 2.14. The predicted octanol–water partition coefficient (Wildman–Crippen LogP) is 2.62. The van der Waals surface area contributed by atoms with Crippen LogP contribution in [0.1, 0.15) is 31.2 Å². The Morgan fingerprint density at radius 3 is 2.60 bits per heavy atom. The van der Waals surface area contributed by atoms with E-state index in [9.17, 15) is 0 Å². The zero-order chi connectivity index (χ0) is 14.7. The van der Waals surface area contributed by atoms with Gasteiger partial charge in [-0.2, -0.15) is 0 Å². The summed E-state index contributed by atoms with van der Waals surface area (Å²) in [7, 11) is 3.23. The molecule has 0 unspecified atom stereocenters. The molecule has 6 nitrogen and oxygen atoms in total. The first-order valence-corrected chi connectivity index (χ1v) is 7.02. The Hall–Kier alpha value is -1.63. The van der Waals surface area contributed by atoms with E-state index in [-0.39, 0.29) is 5.92 Å². The minimum atomic E-state index is 0.272. The molecule has 0 saturated heterocycles. The Morgan fingerprint density at radius 1 is 1.25 bits per heavy atom. The zero-order valence-electron chi connectivity index (χ0n) is 11.9. The molecule has 0 saturated carbocycles. The van der Waals surface area contributed by atoms with Gasteiger partial charge in [0.1, 0.15) is 0 Å². The van der Waals surface area contributed by atoms with Gasteiger partial charge in [-0.15, -0.1) is 5.10 Å². The van der Waals surface area contributed by atoms with Crippen molar-refractivity contribution < 1.29 is 9.47 Å². The van der Waals surface area contributed by atoms with E-state index < -0.39 is 0 Å². The second-order valence-electron chi connectivity index (χ2n) is 4.66. The molecule has 0 amide bonds. The molecule has 0 atom stereocenters. The average molecular weight is 341 g/mol. The fourth-order valence-corrected chi connectivity index (χ4v) is 2.62. The van der Waals surface area contributed by atoms with Crippen LogP contribution in [0.3, 0.4) is 0 Å². The molecule has 1 aromatic heterocycles. The van der Waals surface area contributed by atoms with Crippen LogP contribution in [0, 0.1) is 0 Å². The lowest BCUT2D eigenvalue weighted by molar-refractivity contribution is 0.352. The number of hydrogen-bond donors (Lipinski definition) is 0. The fraction of sp³-hybridized carbons (Fsp3) is 0.462. The molecule has 0 radical (unpaired) electrons. The summed E-state index contributed by atoms with van der Waals surface area (Å²) in [5.74, 6) is 2.48. The highest BCUT2D eigenvalue weighted by Crippen LogP contribution is 2.36. The van der Waals surface area contributed by atoms with Crippen LogP contribution in [-0.2, 0) is 6.54 Å². The maximum Gasteiger partial charge on any atom is 0.174 e. The molecule has 2 aromatic rings. The van der Waals surface area contributed by atoms with Crippen molar-refractivity contribution in [1.29, 1.82) is 0 Å². The summed E-state index contributed by atoms with van der Waals surface area (Å²) in [6, 6.07) is 3.91. The minimum Gasteiger partial charge on any atom is -0.493 e. The molecule has 2 rings (SSSR count). The first-order chi connectivity index (χ1) is 9.56. The molecule has 1 heterocycles. The minimum absolute atomic E-state index is 0.272. The van der Waals surface area contributed by atoms with Crippen molar-refractivity contribution in [3.05, 3.63) is 28.0 Å². The molecular formula is C13H17BrN4O2. The van der Waals surface area contributed by atoms with E-state index in [1.165, 1.54) is 0 Å². The monoisotopic (exact) mass is 340 g/mol. The number of tetrazole rings is 1. The molecule has 1 aromatic carbocycles. The van der Waals surface area contributed by atoms with Gasteiger partial charge in [0.2, 0.25) is 0 Å². The fourth-order valence-electron chi connectivity index (χ4n) is 1.97. The molecule has 0 aliphatic rings. The Kier molecular flexibility index (Phi) is 4.59. The van der Waals surface area contributed by atoms with Gasteiger partial charge in [-0.05, 0) is 44.1 Å². The Bertz CT molecular complexity index is 598. The summed E-state index contributed by atoms with van der Waals surface area (Å²) < 4.78 is 13.3. The van der Waals surface area contributed by atoms with Gasteiger partial charge in [-0.1, -0.05) is 13.8 Å². The quantitative estimate of drug-likeness (QED) is 0.837. The van der Waals surface area contributed by atoms with Gasteiger partial charge in [0.05, 0.1) is 25.2 Å². The third kappa shape index (κ3) is 2.92. The Morgan fingerprint density at radius 2 is 2.00 bits per heavy atom. The number of halogens is 1. The lowest BCUT2D eigenvalue weighted by atomic mass is 10.1. The second kappa shape index (κ2) is 6.21. The van der Waals surface area contributed by atoms with E-state index in [1.807, 2.05) is 12.1 Å². The number of ether oxygens (including phenoxy) is 2. The first kappa shape index (κ1) is 14.8. The molecule has 108 valence electrons. The van der Waals surface area contributed by atoms with E-state index in [1.54, 1.807) is 18.9 Å². The number of benzene rings is 1. The summed E-state index contributed by atoms with van der Waals surface area (Å²) >= 11 is 3.48. The largest absolute Gasteiger partial charge is 0.493 e. The molecule has 0 aliphatic carbocycles. The topological polar surface area (TPSA) is 62.1 Å². The zero-order valence-corrected chi connectivity index (χ0v) is 13.5. The molecule has 20 heavy (non-hydrogen) atoms. The molecule has 0 N–H and O–H groups in total. The molecular weight excluding hydrogens is 324 g/mol. The highest BCUT2D eigenvalue weighted by atomic mass is 79.9. The van der Waals surface area contributed by atoms with E-state index >= 15 is 0 Å². The van der Waals surface area contributed by atoms with Crippen LogP contribution < -0.4 is 9.47 Å². The summed E-state index contributed by atoms with van der Waals surface area (Å²) in [6.07, 6.45) is 0. The van der Waals surface area contributed by atoms with Crippen LogP contribution >= 0.6 is 15.9 Å². The maximum atomic E-state index is 5.34. The molecule has 0 fully saturated rings. The maximum absolute atomic E-state index is 5.34. The van der Waals surface area contributed by atoms with E-state index in [0.29, 0.717) is 18.0 Å². The summed E-state index contributed by atoms with van der Waals surface area (Å²) in [5, 5.41) is 11.8. The van der Waals surface area contributed by atoms with Crippen molar-refractivity contribution in [2.75, 3.05) is 14.2 Å². The summed E-state index contributed by atoms with van der Waals surface area (Å²) in [5.41, 5.74) is 1.03. The van der Waals surface area contributed by atoms with E-state index in [2.05, 4.69) is 45.3 Å². The standard InChI is InChI=1S/C13H17BrN4O2/c1-8(2)13-15-16-17-18(13)7-9-5-10(14)12(20-4)11(6-9)19-3/h5-6,8H,7H2,1-4H3. The molecule has 7 heteroatoms. The van der Waals surface area contributed by atoms with Gasteiger partial charge in [0.25, 0.3) is 0 Å². The van der Waals surface area contributed by atoms with Gasteiger partial charge >= 0.3 is 0 Å². The van der Waals surface area contributed by atoms with Crippen LogP contribution in [0.15, 0.2) is 16.6 Å². The number of aromatic nitrogens is 4. The van der Waals surface area contributed by atoms with Crippen LogP contribution in [0.5, 0.6) is 11.5 Å². The number of hydrogen-bond acceptors (Lipinski definition) is 5. The van der Waals surface area contributed by atoms with E-state index in [4.69, 9.17) is 9.47 Å². The Balaban J connectivity index is 2.34. The van der Waals surface area contributed by atoms with Crippen molar-refractivity contribution in [1.82, 2.24) is 20.2 Å². The van der Waals surface area contributed by atoms with Crippen LogP contribution in [0.4, 0.5) is 0 Å². The summed E-state index contributed by atoms with van der Waals surface area (Å²) in [6.45, 7) is 4.71. The van der Waals surface area contributed by atoms with Crippen molar-refractivity contribution in [2.24, 2.45) is 0 Å². The van der Waals surface area contributed by atoms with Gasteiger partial charge in [-0.25, -0.2) is 4.68 Å². The molecule has 0 aliphatic heterocycles. The van der Waals surface area contributed by atoms with Gasteiger partial charge in [-0.3, -0.25) is 0 Å². The SMILES string of the molecule is COc1cc(Cn2nnnc2C(C)C)cc(Br)c1OC. The van der Waals surface area contributed by atoms with Gasteiger partial charge in [0.15, 0.2) is 17.3 Å². The van der Waals surface area contributed by atoms with Crippen LogP contribution in [-0.4, -0.2) is 34.4 Å². The molecule has 0 bridgehead atoms. The number of methoxy groups -OCH3 is 2. The van der Waals surface area contributed by atoms with Crippen molar-refractivity contribution in [2.45, 2.75) is 26.3 Å². The lowest BCUT2D eigenvalue weighted by Crippen LogP contribution is -2.08. The van der Waals surface area contributed by atoms with Crippen molar-refractivity contribution >= 4 is 15.9 Å². The van der Waals surface area contributed by atoms with E-state index in [0.717, 1.165) is 15.9 Å². The van der Waals surface area contributed by atoms with Gasteiger partial charge < -0.3 is 9.47 Å².